The van der Waals surface area contributed by atoms with Crippen LogP contribution in [0.5, 0.6) is 0 Å². The fourth-order valence-electron chi connectivity index (χ4n) is 1.99. The first-order valence-electron chi connectivity index (χ1n) is 6.90. The Morgan fingerprint density at radius 3 is 2.37 bits per heavy atom. The maximum atomic E-state index is 12.2. The van der Waals surface area contributed by atoms with Gasteiger partial charge in [-0.3, -0.25) is 4.79 Å². The van der Waals surface area contributed by atoms with E-state index in [0.717, 1.165) is 32.1 Å². The van der Waals surface area contributed by atoms with Crippen molar-refractivity contribution in [1.29, 1.82) is 0 Å². The molecule has 0 bridgehead atoms. The van der Waals surface area contributed by atoms with Gasteiger partial charge in [0.2, 0.25) is 0 Å². The Morgan fingerprint density at radius 2 is 1.84 bits per heavy atom. The van der Waals surface area contributed by atoms with Crippen LogP contribution in [-0.2, 0) is 4.79 Å². The Labute approximate surface area is 114 Å². The highest BCUT2D eigenvalue weighted by Crippen LogP contribution is 2.27. The van der Waals surface area contributed by atoms with Gasteiger partial charge in [-0.05, 0) is 32.1 Å². The molecule has 0 unspecified atom stereocenters. The number of amides is 2. The van der Waals surface area contributed by atoms with Gasteiger partial charge in [0.1, 0.15) is 0 Å². The highest BCUT2D eigenvalue weighted by Gasteiger charge is 2.33. The molecule has 1 rings (SSSR count). The Morgan fingerprint density at radius 1 is 1.16 bits per heavy atom. The van der Waals surface area contributed by atoms with Crippen LogP contribution in [-0.4, -0.2) is 64.8 Å². The Bertz CT molecular complexity index is 305. The maximum Gasteiger partial charge on any atom is 0.320 e. The van der Waals surface area contributed by atoms with Gasteiger partial charge in [-0.15, -0.1) is 0 Å². The van der Waals surface area contributed by atoms with Crippen molar-refractivity contribution in [3.63, 3.8) is 0 Å². The van der Waals surface area contributed by atoms with Crippen molar-refractivity contribution < 1.29 is 19.8 Å². The molecule has 6 nitrogen and oxygen atoms in total. The number of hydrogen-bond donors (Lipinski definition) is 2. The number of carboxylic acid groups (broad SMARTS) is 1. The van der Waals surface area contributed by atoms with E-state index in [1.165, 1.54) is 0 Å². The van der Waals surface area contributed by atoms with E-state index in [0.29, 0.717) is 13.1 Å². The van der Waals surface area contributed by atoms with Gasteiger partial charge in [-0.2, -0.15) is 0 Å². The van der Waals surface area contributed by atoms with Gasteiger partial charge in [0.25, 0.3) is 0 Å². The summed E-state index contributed by atoms with van der Waals surface area (Å²) in [6.07, 6.45) is 4.47. The predicted octanol–water partition coefficient (Wildman–Crippen LogP) is 1.14. The molecule has 0 aromatic heterocycles. The first kappa shape index (κ1) is 15.8. The molecule has 19 heavy (non-hydrogen) atoms. The summed E-state index contributed by atoms with van der Waals surface area (Å²) in [7, 11) is 1.75. The van der Waals surface area contributed by atoms with Gasteiger partial charge in [0.05, 0.1) is 6.42 Å². The minimum absolute atomic E-state index is 0.000588. The molecule has 0 saturated heterocycles. The summed E-state index contributed by atoms with van der Waals surface area (Å²) in [5.41, 5.74) is 0. The molecule has 1 aliphatic carbocycles. The quantitative estimate of drug-likeness (QED) is 0.617. The van der Waals surface area contributed by atoms with Crippen molar-refractivity contribution in [3.05, 3.63) is 0 Å². The third-order valence-corrected chi connectivity index (χ3v) is 3.28. The van der Waals surface area contributed by atoms with Crippen LogP contribution in [0.25, 0.3) is 0 Å². The van der Waals surface area contributed by atoms with E-state index >= 15 is 0 Å². The predicted molar refractivity (Wildman–Crippen MR) is 70.9 cm³/mol. The number of carbonyl (C=O) groups excluding carboxylic acids is 1. The zero-order valence-corrected chi connectivity index (χ0v) is 11.5. The summed E-state index contributed by atoms with van der Waals surface area (Å²) in [6, 6.07) is 0.152. The average molecular weight is 272 g/mol. The van der Waals surface area contributed by atoms with Crippen molar-refractivity contribution >= 4 is 12.0 Å². The average Bonchev–Trinajstić information content (AvgIpc) is 3.18. The lowest BCUT2D eigenvalue weighted by molar-refractivity contribution is -0.137. The van der Waals surface area contributed by atoms with Crippen LogP contribution in [0.2, 0.25) is 0 Å². The van der Waals surface area contributed by atoms with E-state index < -0.39 is 5.97 Å². The second-order valence-electron chi connectivity index (χ2n) is 5.06. The fraction of sp³-hybridized carbons (Fsp3) is 0.846. The molecule has 0 spiro atoms. The standard InChI is InChI=1S/C13H24N2O4/c1-14(8-3-2-4-10-16)13(19)15(11-5-6-11)9-7-12(17)18/h11,16H,2-10H2,1H3,(H,17,18). The molecule has 110 valence electrons. The number of nitrogens with zero attached hydrogens (tertiary/aromatic N) is 2. The Balaban J connectivity index is 2.35. The summed E-state index contributed by atoms with van der Waals surface area (Å²) >= 11 is 0. The van der Waals surface area contributed by atoms with E-state index in [4.69, 9.17) is 10.2 Å². The molecule has 1 saturated carbocycles. The number of aliphatic hydroxyl groups excluding tert-OH is 1. The molecule has 0 aliphatic heterocycles. The zero-order chi connectivity index (χ0) is 14.3. The number of carboxylic acids is 1. The lowest BCUT2D eigenvalue weighted by Crippen LogP contribution is -2.43. The van der Waals surface area contributed by atoms with Crippen LogP contribution in [0.4, 0.5) is 4.79 Å². The summed E-state index contributed by atoms with van der Waals surface area (Å²) in [4.78, 5) is 26.1. The molecule has 0 heterocycles. The van der Waals surface area contributed by atoms with Crippen molar-refractivity contribution in [1.82, 2.24) is 9.80 Å². The van der Waals surface area contributed by atoms with Crippen LogP contribution < -0.4 is 0 Å². The van der Waals surface area contributed by atoms with Crippen LogP contribution in [0.1, 0.15) is 38.5 Å². The Hall–Kier alpha value is -1.30. The van der Waals surface area contributed by atoms with E-state index in [9.17, 15) is 9.59 Å². The number of aliphatic hydroxyl groups is 1. The second-order valence-corrected chi connectivity index (χ2v) is 5.06. The van der Waals surface area contributed by atoms with Gasteiger partial charge in [0.15, 0.2) is 0 Å². The number of carbonyl (C=O) groups is 2. The van der Waals surface area contributed by atoms with Crippen LogP contribution in [0, 0.1) is 0 Å². The first-order chi connectivity index (χ1) is 9.06. The van der Waals surface area contributed by atoms with Gasteiger partial charge in [0, 0.05) is 32.8 Å². The number of unbranched alkanes of at least 4 members (excludes halogenated alkanes) is 2. The molecule has 0 aromatic rings. The maximum absolute atomic E-state index is 12.2. The summed E-state index contributed by atoms with van der Waals surface area (Å²) in [6.45, 7) is 1.12. The number of rotatable bonds is 9. The van der Waals surface area contributed by atoms with E-state index in [2.05, 4.69) is 0 Å². The van der Waals surface area contributed by atoms with Gasteiger partial charge < -0.3 is 20.0 Å². The molecule has 2 amide bonds. The highest BCUT2D eigenvalue weighted by molar-refractivity contribution is 5.76. The largest absolute Gasteiger partial charge is 0.481 e. The molecule has 1 fully saturated rings. The minimum atomic E-state index is -0.871. The van der Waals surface area contributed by atoms with Crippen LogP contribution >= 0.6 is 0 Å². The molecule has 6 heteroatoms. The van der Waals surface area contributed by atoms with Crippen LogP contribution in [0.15, 0.2) is 0 Å². The summed E-state index contributed by atoms with van der Waals surface area (Å²) in [5, 5.41) is 17.4. The lowest BCUT2D eigenvalue weighted by Gasteiger charge is -2.28. The minimum Gasteiger partial charge on any atom is -0.481 e. The molecule has 0 radical (unpaired) electrons. The van der Waals surface area contributed by atoms with Crippen molar-refractivity contribution in [3.8, 4) is 0 Å². The lowest BCUT2D eigenvalue weighted by atomic mass is 10.2. The van der Waals surface area contributed by atoms with Crippen molar-refractivity contribution in [2.24, 2.45) is 0 Å². The molecular formula is C13H24N2O4. The number of hydrogen-bond acceptors (Lipinski definition) is 3. The smallest absolute Gasteiger partial charge is 0.320 e. The third kappa shape index (κ3) is 5.92. The van der Waals surface area contributed by atoms with Crippen molar-refractivity contribution in [2.75, 3.05) is 26.7 Å². The molecule has 2 N–H and O–H groups in total. The SMILES string of the molecule is CN(CCCCCO)C(=O)N(CCC(=O)O)C1CC1. The molecule has 1 aliphatic rings. The van der Waals surface area contributed by atoms with E-state index in [1.54, 1.807) is 16.8 Å². The molecule has 0 atom stereocenters. The van der Waals surface area contributed by atoms with E-state index in [-0.39, 0.29) is 25.1 Å². The number of urea groups is 1. The van der Waals surface area contributed by atoms with Gasteiger partial charge in [-0.1, -0.05) is 0 Å². The highest BCUT2D eigenvalue weighted by atomic mass is 16.4. The topological polar surface area (TPSA) is 81.1 Å². The normalized spacial score (nSPS) is 14.2. The zero-order valence-electron chi connectivity index (χ0n) is 11.5. The van der Waals surface area contributed by atoms with E-state index in [1.807, 2.05) is 0 Å². The molecular weight excluding hydrogens is 248 g/mol. The summed E-state index contributed by atoms with van der Waals surface area (Å²) in [5.74, 6) is -0.871. The summed E-state index contributed by atoms with van der Waals surface area (Å²) < 4.78 is 0. The number of aliphatic carboxylic acids is 1. The van der Waals surface area contributed by atoms with Gasteiger partial charge >= 0.3 is 12.0 Å². The van der Waals surface area contributed by atoms with Crippen LogP contribution in [0.3, 0.4) is 0 Å². The second kappa shape index (κ2) is 7.99. The fourth-order valence-corrected chi connectivity index (χ4v) is 1.99. The monoisotopic (exact) mass is 272 g/mol. The first-order valence-corrected chi connectivity index (χ1v) is 6.90. The van der Waals surface area contributed by atoms with Crippen molar-refractivity contribution in [2.45, 2.75) is 44.6 Å². The molecule has 0 aromatic carbocycles. The third-order valence-electron chi connectivity index (χ3n) is 3.28. The Kier molecular flexibility index (Phi) is 6.62. The van der Waals surface area contributed by atoms with Gasteiger partial charge in [-0.25, -0.2) is 4.79 Å².